The maximum atomic E-state index is 12.7. The van der Waals surface area contributed by atoms with Crippen LogP contribution in [0.2, 0.25) is 0 Å². The number of ether oxygens (including phenoxy) is 13. The molecule has 6 heterocycles. The summed E-state index contributed by atoms with van der Waals surface area (Å²) in [6.45, 7) is -2.98. The van der Waals surface area contributed by atoms with Gasteiger partial charge in [0.15, 0.2) is 37.7 Å². The van der Waals surface area contributed by atoms with Crippen LogP contribution in [0.25, 0.3) is 0 Å². The predicted octanol–water partition coefficient (Wildman–Crippen LogP) is -11.9. The Labute approximate surface area is 415 Å². The van der Waals surface area contributed by atoms with Crippen molar-refractivity contribution >= 4 is 11.8 Å². The van der Waals surface area contributed by atoms with Crippen LogP contribution in [0, 0.1) is 0 Å². The zero-order valence-corrected chi connectivity index (χ0v) is 39.8. The van der Waals surface area contributed by atoms with E-state index < -0.39 is 229 Å². The number of amides is 2. The summed E-state index contributed by atoms with van der Waals surface area (Å²) in [5, 5.41) is 168. The van der Waals surface area contributed by atoms with E-state index in [-0.39, 0.29) is 0 Å². The summed E-state index contributed by atoms with van der Waals surface area (Å²) in [5.74, 6) is -1.54. The predicted molar refractivity (Wildman–Crippen MR) is 226 cm³/mol. The van der Waals surface area contributed by atoms with Gasteiger partial charge in [-0.1, -0.05) is 0 Å². The van der Waals surface area contributed by atoms with Crippen LogP contribution in [0.4, 0.5) is 0 Å². The second-order valence-electron chi connectivity index (χ2n) is 18.2. The molecule has 6 rings (SSSR count). The smallest absolute Gasteiger partial charge is 0.217 e. The second kappa shape index (κ2) is 26.4. The monoisotopic (exact) mass is 1070 g/mol. The molecule has 0 radical (unpaired) electrons. The molecule has 0 aromatic carbocycles. The molecule has 0 aromatic rings. The van der Waals surface area contributed by atoms with Crippen LogP contribution in [0.5, 0.6) is 0 Å². The van der Waals surface area contributed by atoms with Gasteiger partial charge < -0.3 is 149 Å². The topological polar surface area (TPSA) is 482 Å². The van der Waals surface area contributed by atoms with Crippen molar-refractivity contribution in [2.24, 2.45) is 0 Å². The highest BCUT2D eigenvalue weighted by Crippen LogP contribution is 2.38. The Morgan fingerprint density at radius 1 is 0.438 bits per heavy atom. The van der Waals surface area contributed by atoms with Gasteiger partial charge in [-0.2, -0.15) is 0 Å². The zero-order chi connectivity index (χ0) is 53.7. The van der Waals surface area contributed by atoms with E-state index in [1.54, 1.807) is 0 Å². The van der Waals surface area contributed by atoms with Gasteiger partial charge in [-0.05, 0) is 0 Å². The van der Waals surface area contributed by atoms with Crippen molar-refractivity contribution in [2.75, 3.05) is 53.9 Å². The van der Waals surface area contributed by atoms with E-state index in [4.69, 9.17) is 61.6 Å². The third-order valence-corrected chi connectivity index (χ3v) is 13.3. The molecule has 0 saturated carbocycles. The zero-order valence-electron chi connectivity index (χ0n) is 39.8. The Bertz CT molecular complexity index is 1730. The maximum Gasteiger partial charge on any atom is 0.217 e. The molecule has 17 N–H and O–H groups in total. The molecule has 0 aromatic heterocycles. The Morgan fingerprint density at radius 2 is 0.877 bits per heavy atom. The lowest BCUT2D eigenvalue weighted by molar-refractivity contribution is -0.404. The summed E-state index contributed by atoms with van der Waals surface area (Å²) in [6.07, 6.45) is -48.5. The fraction of sp³-hybridized carbons (Fsp3) is 0.951. The normalized spacial score (nSPS) is 48.7. The molecule has 0 aliphatic carbocycles. The standard InChI is InChI=1S/C41H70N2O30/c1-11(48)42-19-25(55)30(16(7-46)65-36(19)60)70-37-20(43-12(2)49)26(56)31(17(8-47)68-37)71-41-35(73-38-27(57)21(51)13(50)9-63-38)34(72-40-29(59)33(62-4)23(53)15(6-45)67-40)24(54)18(69-41)10-64-39-28(58)32(61-3)22(52)14(5-44)66-39/h13-41,44-47,50-60H,5-10H2,1-4H3,(H,42,48)(H,43,49)/t13-,14-,15-,16-,17-,18-,19-,20-,21+,22-,23-,24-,25-,26-,27-,28+,29+,30-,31-,32+,33+,34+,35+,36?,37+,38+,39+,40-,41+/m1/s1. The molecular weight excluding hydrogens is 1000 g/mol. The number of hydrogen-bond donors (Lipinski definition) is 17. The third kappa shape index (κ3) is 13.2. The van der Waals surface area contributed by atoms with Gasteiger partial charge in [-0.25, -0.2) is 0 Å². The minimum absolute atomic E-state index is 0.651. The molecule has 73 heavy (non-hydrogen) atoms. The van der Waals surface area contributed by atoms with Gasteiger partial charge in [0.1, 0.15) is 140 Å². The lowest BCUT2D eigenvalue weighted by Gasteiger charge is -2.51. The molecule has 32 heteroatoms. The van der Waals surface area contributed by atoms with E-state index in [1.165, 1.54) is 0 Å². The fourth-order valence-electron chi connectivity index (χ4n) is 9.44. The maximum absolute atomic E-state index is 12.7. The Morgan fingerprint density at radius 3 is 1.42 bits per heavy atom. The average Bonchev–Trinajstić information content (AvgIpc) is 3.35. The minimum atomic E-state index is -2.14. The van der Waals surface area contributed by atoms with Crippen molar-refractivity contribution in [1.82, 2.24) is 10.6 Å². The van der Waals surface area contributed by atoms with Crippen molar-refractivity contribution in [2.45, 2.75) is 192 Å². The molecule has 6 aliphatic rings. The summed E-state index contributed by atoms with van der Waals surface area (Å²) in [4.78, 5) is 24.7. The lowest BCUT2D eigenvalue weighted by Crippen LogP contribution is -2.71. The number of nitrogens with one attached hydrogen (secondary N) is 2. The Kier molecular flexibility index (Phi) is 21.8. The molecule has 6 fully saturated rings. The number of rotatable bonds is 19. The van der Waals surface area contributed by atoms with E-state index >= 15 is 0 Å². The number of aliphatic hydroxyl groups is 15. The molecule has 0 bridgehead atoms. The summed E-state index contributed by atoms with van der Waals surface area (Å²) in [6, 6.07) is -3.30. The van der Waals surface area contributed by atoms with E-state index in [2.05, 4.69) is 10.6 Å². The number of carbonyl (C=O) groups excluding carboxylic acids is 2. The lowest BCUT2D eigenvalue weighted by atomic mass is 9.93. The first-order valence-electron chi connectivity index (χ1n) is 23.3. The van der Waals surface area contributed by atoms with Crippen molar-refractivity contribution in [3.05, 3.63) is 0 Å². The quantitative estimate of drug-likeness (QED) is 0.0571. The van der Waals surface area contributed by atoms with Crippen LogP contribution < -0.4 is 10.6 Å². The van der Waals surface area contributed by atoms with Gasteiger partial charge >= 0.3 is 0 Å². The van der Waals surface area contributed by atoms with Gasteiger partial charge in [0.2, 0.25) is 11.8 Å². The summed E-state index contributed by atoms with van der Waals surface area (Å²) >= 11 is 0. The highest BCUT2D eigenvalue weighted by molar-refractivity contribution is 5.73. The largest absolute Gasteiger partial charge is 0.394 e. The molecule has 6 aliphatic heterocycles. The molecule has 29 atom stereocenters. The third-order valence-electron chi connectivity index (χ3n) is 13.3. The molecule has 0 spiro atoms. The van der Waals surface area contributed by atoms with Gasteiger partial charge in [-0.3, -0.25) is 9.59 Å². The van der Waals surface area contributed by atoms with Crippen molar-refractivity contribution in [1.29, 1.82) is 0 Å². The van der Waals surface area contributed by atoms with Crippen LogP contribution in [-0.2, 0) is 71.2 Å². The second-order valence-corrected chi connectivity index (χ2v) is 18.2. The molecule has 6 saturated heterocycles. The number of carbonyl (C=O) groups is 2. The number of methoxy groups -OCH3 is 2. The van der Waals surface area contributed by atoms with Crippen molar-refractivity contribution in [3.63, 3.8) is 0 Å². The molecule has 424 valence electrons. The Hall–Kier alpha value is -2.18. The van der Waals surface area contributed by atoms with E-state index in [9.17, 15) is 86.2 Å². The van der Waals surface area contributed by atoms with Crippen LogP contribution >= 0.6 is 0 Å². The SMILES string of the molecule is CO[C@@H]1[C@H](O)[C@@H](OC[C@H]2O[C@@H](O[C@H]3[C@H](O)[C@@H](NC(C)=O)[C@H](O[C@H]4[C@H](O)[C@@H](NC(C)=O)C(O)O[C@@H]4CO)O[C@@H]3CO)[C@@H](O[C@@H]3OC[C@@H](O)[C@H](O)[C@H]3O)[C@@H](O[C@H]3O[C@H](CO)[C@@H](O)[C@H](OC)[C@@H]3O)[C@@H]2O)O[C@H](CO)[C@H]1O. The van der Waals surface area contributed by atoms with Gasteiger partial charge in [0.05, 0.1) is 39.6 Å². The van der Waals surface area contributed by atoms with Gasteiger partial charge in [-0.15, -0.1) is 0 Å². The number of hydrogen-bond acceptors (Lipinski definition) is 30. The Balaban J connectivity index is 1.38. The van der Waals surface area contributed by atoms with E-state index in [1.807, 2.05) is 0 Å². The van der Waals surface area contributed by atoms with Gasteiger partial charge in [0, 0.05) is 28.1 Å². The first kappa shape index (κ1) is 60.1. The fourth-order valence-corrected chi connectivity index (χ4v) is 9.44. The van der Waals surface area contributed by atoms with Crippen LogP contribution in [0.15, 0.2) is 0 Å². The van der Waals surface area contributed by atoms with Crippen LogP contribution in [-0.4, -0.2) is 320 Å². The minimum Gasteiger partial charge on any atom is -0.394 e. The highest BCUT2D eigenvalue weighted by atomic mass is 16.8. The first-order chi connectivity index (χ1) is 34.6. The van der Waals surface area contributed by atoms with Crippen molar-refractivity contribution < 1.29 is 148 Å². The van der Waals surface area contributed by atoms with Crippen molar-refractivity contribution in [3.8, 4) is 0 Å². The van der Waals surface area contributed by atoms with E-state index in [0.717, 1.165) is 28.1 Å². The molecular formula is C41H70N2O30. The summed E-state index contributed by atoms with van der Waals surface area (Å²) < 4.78 is 75.3. The first-order valence-corrected chi connectivity index (χ1v) is 23.3. The summed E-state index contributed by atoms with van der Waals surface area (Å²) in [5.41, 5.74) is 0. The average molecular weight is 1070 g/mol. The molecule has 2 amide bonds. The van der Waals surface area contributed by atoms with Gasteiger partial charge in [0.25, 0.3) is 0 Å². The number of aliphatic hydroxyl groups excluding tert-OH is 15. The molecule has 32 nitrogen and oxygen atoms in total. The van der Waals surface area contributed by atoms with Crippen LogP contribution in [0.1, 0.15) is 13.8 Å². The van der Waals surface area contributed by atoms with E-state index in [0.29, 0.717) is 0 Å². The highest BCUT2D eigenvalue weighted by Gasteiger charge is 2.58. The van der Waals surface area contributed by atoms with Crippen LogP contribution in [0.3, 0.4) is 0 Å². The summed E-state index contributed by atoms with van der Waals surface area (Å²) in [7, 11) is 2.26. The molecule has 1 unspecified atom stereocenters.